The van der Waals surface area contributed by atoms with E-state index in [4.69, 9.17) is 0 Å². The summed E-state index contributed by atoms with van der Waals surface area (Å²) >= 11 is 1.66. The zero-order valence-corrected chi connectivity index (χ0v) is 14.6. The Hall–Kier alpha value is -0.950. The van der Waals surface area contributed by atoms with Gasteiger partial charge in [0.25, 0.3) is 0 Å². The van der Waals surface area contributed by atoms with Crippen LogP contribution in [0.5, 0.6) is 0 Å². The Labute approximate surface area is 137 Å². The van der Waals surface area contributed by atoms with E-state index in [0.29, 0.717) is 19.5 Å². The van der Waals surface area contributed by atoms with Gasteiger partial charge < -0.3 is 14.9 Å². The molecular weight excluding hydrogens is 298 g/mol. The van der Waals surface area contributed by atoms with Crippen molar-refractivity contribution >= 4 is 17.2 Å². The highest BCUT2D eigenvalue weighted by Gasteiger charge is 2.20. The van der Waals surface area contributed by atoms with Crippen molar-refractivity contribution in [3.05, 3.63) is 21.9 Å². The Morgan fingerprint density at radius 2 is 2.09 bits per heavy atom. The minimum absolute atomic E-state index is 0.0685. The summed E-state index contributed by atoms with van der Waals surface area (Å²) in [5.41, 5.74) is 1.09. The lowest BCUT2D eigenvalue weighted by Gasteiger charge is -2.34. The summed E-state index contributed by atoms with van der Waals surface area (Å²) < 4.78 is 0. The molecule has 1 aliphatic heterocycles. The monoisotopic (exact) mass is 325 g/mol. The number of rotatable bonds is 6. The Bertz CT molecular complexity index is 483. The summed E-state index contributed by atoms with van der Waals surface area (Å²) in [7, 11) is 3.89. The van der Waals surface area contributed by atoms with E-state index in [-0.39, 0.29) is 5.91 Å². The van der Waals surface area contributed by atoms with Crippen molar-refractivity contribution in [2.24, 2.45) is 0 Å². The molecule has 0 radical (unpaired) electrons. The fourth-order valence-electron chi connectivity index (χ4n) is 2.70. The number of carbonyl (C=O) groups excluding carboxylic acids is 1. The molecule has 0 aliphatic carbocycles. The number of aliphatic hydroxyl groups excluding tert-OH is 1. The lowest BCUT2D eigenvalue weighted by atomic mass is 10.1. The first kappa shape index (κ1) is 17.4. The van der Waals surface area contributed by atoms with E-state index in [9.17, 15) is 9.90 Å². The number of amides is 1. The van der Waals surface area contributed by atoms with Crippen molar-refractivity contribution in [1.82, 2.24) is 14.7 Å². The molecule has 0 bridgehead atoms. The second-order valence-electron chi connectivity index (χ2n) is 6.21. The lowest BCUT2D eigenvalue weighted by Crippen LogP contribution is -2.49. The number of β-amino-alcohol motifs (C(OH)–C–C–N with tert-alkyl or cyclic N) is 1. The third-order valence-electron chi connectivity index (χ3n) is 4.28. The van der Waals surface area contributed by atoms with Crippen molar-refractivity contribution in [1.29, 1.82) is 0 Å². The minimum Gasteiger partial charge on any atom is -0.390 e. The van der Waals surface area contributed by atoms with Gasteiger partial charge in [0.15, 0.2) is 0 Å². The Morgan fingerprint density at radius 1 is 1.41 bits per heavy atom. The summed E-state index contributed by atoms with van der Waals surface area (Å²) in [6, 6.07) is 2.01. The smallest absolute Gasteiger partial charge is 0.226 e. The number of nitrogens with zero attached hydrogens (tertiary/aromatic N) is 3. The quantitative estimate of drug-likeness (QED) is 0.835. The van der Waals surface area contributed by atoms with Gasteiger partial charge in [-0.3, -0.25) is 9.69 Å². The molecule has 2 rings (SSSR count). The Morgan fingerprint density at radius 3 is 2.68 bits per heavy atom. The van der Waals surface area contributed by atoms with E-state index < -0.39 is 6.10 Å². The standard InChI is InChI=1S/C16H27N3O2S/c1-13-14(4-9-22-13)10-16(21)18(3)11-15(20)12-19-7-5-17(2)6-8-19/h4,9,15,20H,5-8,10-12H2,1-3H3/t15-/m0/s1. The molecule has 1 atom stereocenters. The molecule has 0 saturated carbocycles. The number of hydrogen-bond donors (Lipinski definition) is 1. The van der Waals surface area contributed by atoms with Crippen LogP contribution in [-0.4, -0.2) is 85.2 Å². The number of thiophene rings is 1. The average Bonchev–Trinajstić information content (AvgIpc) is 2.86. The number of aryl methyl sites for hydroxylation is 1. The highest BCUT2D eigenvalue weighted by molar-refractivity contribution is 7.10. The summed E-state index contributed by atoms with van der Waals surface area (Å²) in [5, 5.41) is 12.2. The molecule has 1 saturated heterocycles. The fraction of sp³-hybridized carbons (Fsp3) is 0.688. The van der Waals surface area contributed by atoms with Gasteiger partial charge in [-0.15, -0.1) is 11.3 Å². The van der Waals surface area contributed by atoms with Crippen LogP contribution in [0.15, 0.2) is 11.4 Å². The molecule has 2 heterocycles. The summed E-state index contributed by atoms with van der Waals surface area (Å²) in [5.74, 6) is 0.0685. The normalized spacial score (nSPS) is 18.4. The van der Waals surface area contributed by atoms with Crippen LogP contribution in [0.2, 0.25) is 0 Å². The number of carbonyl (C=O) groups is 1. The molecule has 0 unspecified atom stereocenters. The maximum Gasteiger partial charge on any atom is 0.226 e. The van der Waals surface area contributed by atoms with E-state index in [1.807, 2.05) is 18.4 Å². The molecule has 124 valence electrons. The predicted molar refractivity (Wildman–Crippen MR) is 90.3 cm³/mol. The molecule has 5 nitrogen and oxygen atoms in total. The van der Waals surface area contributed by atoms with Crippen LogP contribution in [0.25, 0.3) is 0 Å². The van der Waals surface area contributed by atoms with Crippen molar-refractivity contribution < 1.29 is 9.90 Å². The van der Waals surface area contributed by atoms with E-state index in [1.165, 1.54) is 4.88 Å². The Balaban J connectivity index is 1.74. The summed E-state index contributed by atoms with van der Waals surface area (Å²) in [4.78, 5) is 19.6. The van der Waals surface area contributed by atoms with Gasteiger partial charge in [0.05, 0.1) is 12.5 Å². The first-order valence-corrected chi connectivity index (χ1v) is 8.69. The van der Waals surface area contributed by atoms with Crippen molar-refractivity contribution in [3.8, 4) is 0 Å². The Kier molecular flexibility index (Phi) is 6.37. The van der Waals surface area contributed by atoms with Crippen LogP contribution in [0.1, 0.15) is 10.4 Å². The molecule has 1 fully saturated rings. The fourth-order valence-corrected chi connectivity index (χ4v) is 3.42. The van der Waals surface area contributed by atoms with Gasteiger partial charge in [-0.25, -0.2) is 0 Å². The molecule has 6 heteroatoms. The van der Waals surface area contributed by atoms with Gasteiger partial charge in [-0.1, -0.05) is 0 Å². The summed E-state index contributed by atoms with van der Waals surface area (Å²) in [6.45, 7) is 7.13. The van der Waals surface area contributed by atoms with E-state index >= 15 is 0 Å². The van der Waals surface area contributed by atoms with Gasteiger partial charge >= 0.3 is 0 Å². The second-order valence-corrected chi connectivity index (χ2v) is 7.33. The van der Waals surface area contributed by atoms with Crippen LogP contribution in [0, 0.1) is 6.92 Å². The van der Waals surface area contributed by atoms with Gasteiger partial charge in [-0.05, 0) is 31.0 Å². The van der Waals surface area contributed by atoms with Crippen LogP contribution in [0.3, 0.4) is 0 Å². The molecule has 0 spiro atoms. The van der Waals surface area contributed by atoms with Crippen molar-refractivity contribution in [2.45, 2.75) is 19.4 Å². The van der Waals surface area contributed by atoms with E-state index in [0.717, 1.165) is 31.7 Å². The summed E-state index contributed by atoms with van der Waals surface area (Å²) in [6.07, 6.45) is -0.0616. The van der Waals surface area contributed by atoms with Crippen LogP contribution >= 0.6 is 11.3 Å². The first-order valence-electron chi connectivity index (χ1n) is 7.81. The number of piperazine rings is 1. The molecule has 1 amide bonds. The van der Waals surface area contributed by atoms with Crippen molar-refractivity contribution in [2.75, 3.05) is 53.4 Å². The molecule has 1 N–H and O–H groups in total. The minimum atomic E-state index is -0.485. The number of likely N-dealkylation sites (N-methyl/N-ethyl adjacent to an activating group) is 2. The third-order valence-corrected chi connectivity index (χ3v) is 5.17. The largest absolute Gasteiger partial charge is 0.390 e. The maximum absolute atomic E-state index is 12.2. The van der Waals surface area contributed by atoms with Gasteiger partial charge in [0.2, 0.25) is 5.91 Å². The second kappa shape index (κ2) is 8.06. The van der Waals surface area contributed by atoms with E-state index in [1.54, 1.807) is 23.3 Å². The average molecular weight is 325 g/mol. The van der Waals surface area contributed by atoms with Gasteiger partial charge in [0.1, 0.15) is 0 Å². The van der Waals surface area contributed by atoms with E-state index in [2.05, 4.69) is 16.8 Å². The van der Waals surface area contributed by atoms with Crippen molar-refractivity contribution in [3.63, 3.8) is 0 Å². The third kappa shape index (κ3) is 5.05. The topological polar surface area (TPSA) is 47.0 Å². The molecule has 1 aromatic heterocycles. The lowest BCUT2D eigenvalue weighted by molar-refractivity contribution is -0.130. The molecule has 22 heavy (non-hydrogen) atoms. The predicted octanol–water partition coefficient (Wildman–Crippen LogP) is 0.666. The van der Waals surface area contributed by atoms with Crippen LogP contribution < -0.4 is 0 Å². The highest BCUT2D eigenvalue weighted by atomic mass is 32.1. The van der Waals surface area contributed by atoms with Gasteiger partial charge in [0, 0.05) is 51.2 Å². The SMILES string of the molecule is Cc1sccc1CC(=O)N(C)C[C@H](O)CN1CCN(C)CC1. The maximum atomic E-state index is 12.2. The number of aliphatic hydroxyl groups is 1. The molecule has 0 aromatic carbocycles. The molecule has 1 aromatic rings. The van der Waals surface area contributed by atoms with Gasteiger partial charge in [-0.2, -0.15) is 0 Å². The zero-order valence-electron chi connectivity index (χ0n) is 13.8. The first-order chi connectivity index (χ1) is 10.5. The van der Waals surface area contributed by atoms with Crippen LogP contribution in [0.4, 0.5) is 0 Å². The zero-order chi connectivity index (χ0) is 16.1. The van der Waals surface area contributed by atoms with Crippen LogP contribution in [-0.2, 0) is 11.2 Å². The highest BCUT2D eigenvalue weighted by Crippen LogP contribution is 2.16. The molecule has 1 aliphatic rings. The molecular formula is C16H27N3O2S. The number of hydrogen-bond acceptors (Lipinski definition) is 5.